The van der Waals surface area contributed by atoms with Crippen molar-refractivity contribution in [3.8, 4) is 6.07 Å². The third kappa shape index (κ3) is 3.04. The molecule has 0 aromatic carbocycles. The fraction of sp³-hybridized carbons (Fsp3) is 0.636. The highest BCUT2D eigenvalue weighted by Gasteiger charge is 2.32. The third-order valence-corrected chi connectivity index (χ3v) is 5.15. The van der Waals surface area contributed by atoms with E-state index in [-0.39, 0.29) is 28.9 Å². The summed E-state index contributed by atoms with van der Waals surface area (Å²) in [5.74, 6) is 0.0874. The first-order valence-corrected chi connectivity index (χ1v) is 8.71. The van der Waals surface area contributed by atoms with Crippen molar-refractivity contribution >= 4 is 31.3 Å². The summed E-state index contributed by atoms with van der Waals surface area (Å²) in [6, 6.07) is 1.98. The lowest BCUT2D eigenvalue weighted by Gasteiger charge is -2.06. The van der Waals surface area contributed by atoms with E-state index in [0.29, 0.717) is 5.69 Å². The Morgan fingerprint density at radius 2 is 2.05 bits per heavy atom. The number of halogens is 2. The lowest BCUT2D eigenvalue weighted by molar-refractivity contribution is 0.592. The Balaban J connectivity index is 2.48. The van der Waals surface area contributed by atoms with Crippen LogP contribution in [0.25, 0.3) is 0 Å². The van der Waals surface area contributed by atoms with Crippen LogP contribution in [0, 0.1) is 11.3 Å². The first kappa shape index (κ1) is 14.6. The molecule has 0 radical (unpaired) electrons. The molecule has 0 spiro atoms. The van der Waals surface area contributed by atoms with Crippen LogP contribution in [0.1, 0.15) is 43.7 Å². The topological polar surface area (TPSA) is 75.8 Å². The van der Waals surface area contributed by atoms with E-state index in [1.54, 1.807) is 0 Å². The minimum atomic E-state index is -3.93. The average Bonchev–Trinajstić information content (AvgIpc) is 2.92. The Bertz CT molecular complexity index is 613. The molecule has 0 bridgehead atoms. The minimum absolute atomic E-state index is 0.00662. The summed E-state index contributed by atoms with van der Waals surface area (Å²) in [7, 11) is 1.53. The van der Waals surface area contributed by atoms with E-state index in [1.165, 1.54) is 4.68 Å². The van der Waals surface area contributed by atoms with Crippen LogP contribution < -0.4 is 0 Å². The monoisotopic (exact) mass is 321 g/mol. The van der Waals surface area contributed by atoms with Gasteiger partial charge in [-0.25, -0.2) is 8.42 Å². The second-order valence-electron chi connectivity index (χ2n) is 4.56. The third-order valence-electron chi connectivity index (χ3n) is 3.30. The minimum Gasteiger partial charge on any atom is -0.251 e. The Morgan fingerprint density at radius 1 is 1.42 bits per heavy atom. The van der Waals surface area contributed by atoms with E-state index < -0.39 is 9.05 Å². The number of hydrogen-bond acceptors (Lipinski definition) is 4. The van der Waals surface area contributed by atoms with Crippen LogP contribution in [0.3, 0.4) is 0 Å². The molecule has 0 aliphatic heterocycles. The summed E-state index contributed by atoms with van der Waals surface area (Å²) in [6.45, 7) is 0.265. The van der Waals surface area contributed by atoms with Gasteiger partial charge >= 0.3 is 0 Å². The van der Waals surface area contributed by atoms with E-state index in [0.717, 1.165) is 25.7 Å². The maximum Gasteiger partial charge on any atom is 0.266 e. The van der Waals surface area contributed by atoms with Crippen LogP contribution in [0.5, 0.6) is 0 Å². The van der Waals surface area contributed by atoms with E-state index in [2.05, 4.69) is 5.10 Å². The zero-order valence-electron chi connectivity index (χ0n) is 10.1. The summed E-state index contributed by atoms with van der Waals surface area (Å²) in [4.78, 5) is -0.0827. The van der Waals surface area contributed by atoms with Crippen LogP contribution >= 0.6 is 22.3 Å². The molecular formula is C11H13Cl2N3O2S. The highest BCUT2D eigenvalue weighted by molar-refractivity contribution is 8.13. The van der Waals surface area contributed by atoms with Crippen LogP contribution in [0.4, 0.5) is 0 Å². The molecule has 5 nitrogen and oxygen atoms in total. The highest BCUT2D eigenvalue weighted by atomic mass is 35.7. The quantitative estimate of drug-likeness (QED) is 0.799. The smallest absolute Gasteiger partial charge is 0.251 e. The molecule has 104 valence electrons. The summed E-state index contributed by atoms with van der Waals surface area (Å²) < 4.78 is 24.7. The molecule has 19 heavy (non-hydrogen) atoms. The summed E-state index contributed by atoms with van der Waals surface area (Å²) >= 11 is 6.06. The molecule has 1 saturated carbocycles. The van der Waals surface area contributed by atoms with Crippen LogP contribution in [-0.2, 0) is 15.6 Å². The highest BCUT2D eigenvalue weighted by Crippen LogP contribution is 2.40. The molecule has 0 atom stereocenters. The maximum atomic E-state index is 11.7. The van der Waals surface area contributed by atoms with Gasteiger partial charge in [-0.3, -0.25) is 4.68 Å². The first-order valence-electron chi connectivity index (χ1n) is 6.03. The standard InChI is InChI=1S/C11H13Cl2N3O2S/c12-11-10(19(13,17)18)9(8-4-1-2-5-8)15-16(11)7-3-6-14/h8H,1-5,7H2. The van der Waals surface area contributed by atoms with Gasteiger partial charge in [0.2, 0.25) is 0 Å². The molecule has 0 amide bonds. The molecule has 1 aliphatic carbocycles. The van der Waals surface area contributed by atoms with Crippen molar-refractivity contribution in [2.45, 2.75) is 49.5 Å². The van der Waals surface area contributed by atoms with Gasteiger partial charge in [0.15, 0.2) is 0 Å². The van der Waals surface area contributed by atoms with Crippen LogP contribution in [0.15, 0.2) is 4.90 Å². The van der Waals surface area contributed by atoms with Gasteiger partial charge in [0.05, 0.1) is 24.7 Å². The van der Waals surface area contributed by atoms with Gasteiger partial charge in [-0.1, -0.05) is 24.4 Å². The number of aryl methyl sites for hydroxylation is 1. The molecule has 0 N–H and O–H groups in total. The zero-order chi connectivity index (χ0) is 14.0. The Labute approximate surface area is 121 Å². The average molecular weight is 322 g/mol. The number of nitrogens with zero attached hydrogens (tertiary/aromatic N) is 3. The van der Waals surface area contributed by atoms with Gasteiger partial charge in [0.1, 0.15) is 10.0 Å². The van der Waals surface area contributed by atoms with Gasteiger partial charge in [-0.15, -0.1) is 0 Å². The number of rotatable bonds is 4. The Hall–Kier alpha value is -0.770. The van der Waals surface area contributed by atoms with Crippen LogP contribution in [-0.4, -0.2) is 18.2 Å². The van der Waals surface area contributed by atoms with E-state index in [4.69, 9.17) is 27.5 Å². The molecule has 0 saturated heterocycles. The Kier molecular flexibility index (Phi) is 4.39. The second kappa shape index (κ2) is 5.70. The van der Waals surface area contributed by atoms with Crippen molar-refractivity contribution in [3.05, 3.63) is 10.8 Å². The molecule has 1 heterocycles. The Morgan fingerprint density at radius 3 is 2.58 bits per heavy atom. The lowest BCUT2D eigenvalue weighted by atomic mass is 10.1. The van der Waals surface area contributed by atoms with E-state index in [9.17, 15) is 8.42 Å². The summed E-state index contributed by atoms with van der Waals surface area (Å²) in [5, 5.41) is 12.9. The molecule has 1 aromatic rings. The molecule has 1 aliphatic rings. The van der Waals surface area contributed by atoms with Crippen molar-refractivity contribution in [2.24, 2.45) is 0 Å². The van der Waals surface area contributed by atoms with Gasteiger partial charge in [-0.2, -0.15) is 10.4 Å². The first-order chi connectivity index (χ1) is 8.95. The van der Waals surface area contributed by atoms with Gasteiger partial charge in [-0.05, 0) is 12.8 Å². The van der Waals surface area contributed by atoms with Crippen LogP contribution in [0.2, 0.25) is 5.15 Å². The molecule has 0 unspecified atom stereocenters. The number of hydrogen-bond donors (Lipinski definition) is 0. The van der Waals surface area contributed by atoms with E-state index >= 15 is 0 Å². The zero-order valence-corrected chi connectivity index (χ0v) is 12.5. The fourth-order valence-electron chi connectivity index (χ4n) is 2.44. The van der Waals surface area contributed by atoms with Gasteiger partial charge in [0.25, 0.3) is 9.05 Å². The van der Waals surface area contributed by atoms with E-state index in [1.807, 2.05) is 6.07 Å². The maximum absolute atomic E-state index is 11.7. The second-order valence-corrected chi connectivity index (χ2v) is 7.42. The number of aromatic nitrogens is 2. The van der Waals surface area contributed by atoms with Gasteiger partial charge < -0.3 is 0 Å². The predicted octanol–water partition coefficient (Wildman–Crippen LogP) is 3.04. The van der Waals surface area contributed by atoms with Crippen molar-refractivity contribution in [1.82, 2.24) is 9.78 Å². The molecule has 8 heteroatoms. The molecule has 2 rings (SSSR count). The largest absolute Gasteiger partial charge is 0.266 e. The normalized spacial score (nSPS) is 16.7. The lowest BCUT2D eigenvalue weighted by Crippen LogP contribution is -2.02. The van der Waals surface area contributed by atoms with Crippen molar-refractivity contribution in [2.75, 3.05) is 0 Å². The summed E-state index contributed by atoms with van der Waals surface area (Å²) in [6.07, 6.45) is 4.10. The molecule has 1 fully saturated rings. The predicted molar refractivity (Wildman–Crippen MR) is 71.7 cm³/mol. The van der Waals surface area contributed by atoms with Crippen molar-refractivity contribution < 1.29 is 8.42 Å². The molecule has 1 aromatic heterocycles. The number of nitriles is 1. The SMILES string of the molecule is N#CCCn1nc(C2CCCC2)c(S(=O)(=O)Cl)c1Cl. The van der Waals surface area contributed by atoms with Crippen molar-refractivity contribution in [1.29, 1.82) is 5.26 Å². The van der Waals surface area contributed by atoms with Gasteiger partial charge in [0, 0.05) is 16.6 Å². The molecular weight excluding hydrogens is 309 g/mol. The van der Waals surface area contributed by atoms with Crippen molar-refractivity contribution in [3.63, 3.8) is 0 Å². The summed E-state index contributed by atoms with van der Waals surface area (Å²) in [5.41, 5.74) is 0.454. The fourth-order valence-corrected chi connectivity index (χ4v) is 4.30.